The summed E-state index contributed by atoms with van der Waals surface area (Å²) in [5, 5.41) is 23.6. The molecule has 2 rings (SSSR count). The second-order valence-electron chi connectivity index (χ2n) is 5.09. The highest BCUT2D eigenvalue weighted by atomic mass is 32.1. The van der Waals surface area contributed by atoms with Crippen molar-refractivity contribution in [3.8, 4) is 0 Å². The molecule has 0 aliphatic rings. The number of hydrogen-bond donors (Lipinski definition) is 3. The topological polar surface area (TPSA) is 79.2 Å². The van der Waals surface area contributed by atoms with E-state index in [9.17, 15) is 9.90 Å². The van der Waals surface area contributed by atoms with Crippen molar-refractivity contribution < 1.29 is 9.90 Å². The highest BCUT2D eigenvalue weighted by molar-refractivity contribution is 7.08. The first-order chi connectivity index (χ1) is 10.0. The number of rotatable bonds is 6. The normalized spacial score (nSPS) is 13.7. The van der Waals surface area contributed by atoms with Crippen molar-refractivity contribution in [1.82, 2.24) is 15.1 Å². The number of thiophene rings is 1. The van der Waals surface area contributed by atoms with E-state index in [1.54, 1.807) is 24.0 Å². The Kier molecular flexibility index (Phi) is 4.98. The second-order valence-corrected chi connectivity index (χ2v) is 5.87. The van der Waals surface area contributed by atoms with E-state index in [1.807, 2.05) is 16.8 Å². The van der Waals surface area contributed by atoms with Crippen LogP contribution in [0.15, 0.2) is 29.2 Å². The van der Waals surface area contributed by atoms with Gasteiger partial charge in [-0.25, -0.2) is 4.79 Å². The van der Waals surface area contributed by atoms with Crippen molar-refractivity contribution in [1.29, 1.82) is 0 Å². The molecule has 2 amide bonds. The number of aromatic nitrogens is 2. The van der Waals surface area contributed by atoms with Gasteiger partial charge in [0.2, 0.25) is 0 Å². The van der Waals surface area contributed by atoms with Crippen LogP contribution in [0.3, 0.4) is 0 Å². The minimum absolute atomic E-state index is 0.138. The average Bonchev–Trinajstić information content (AvgIpc) is 3.09. The summed E-state index contributed by atoms with van der Waals surface area (Å²) in [7, 11) is 0. The number of nitrogens with one attached hydrogen (secondary N) is 2. The van der Waals surface area contributed by atoms with Gasteiger partial charge in [0.1, 0.15) is 5.60 Å². The van der Waals surface area contributed by atoms with E-state index >= 15 is 0 Å². The quantitative estimate of drug-likeness (QED) is 0.766. The number of aryl methyl sites for hydroxylation is 1. The zero-order valence-electron chi connectivity index (χ0n) is 12.2. The van der Waals surface area contributed by atoms with Crippen LogP contribution in [0.25, 0.3) is 0 Å². The van der Waals surface area contributed by atoms with Crippen molar-refractivity contribution in [3.63, 3.8) is 0 Å². The molecule has 1 atom stereocenters. The van der Waals surface area contributed by atoms with Crippen molar-refractivity contribution in [2.24, 2.45) is 0 Å². The minimum Gasteiger partial charge on any atom is -0.384 e. The summed E-state index contributed by atoms with van der Waals surface area (Å²) in [6.45, 7) is 4.69. The zero-order chi connectivity index (χ0) is 15.3. The maximum Gasteiger partial charge on any atom is 0.319 e. The van der Waals surface area contributed by atoms with Gasteiger partial charge in [0.25, 0.3) is 0 Å². The molecule has 21 heavy (non-hydrogen) atoms. The van der Waals surface area contributed by atoms with Crippen LogP contribution in [0.4, 0.5) is 10.5 Å². The van der Waals surface area contributed by atoms with Crippen LogP contribution in [-0.2, 0) is 12.1 Å². The predicted octanol–water partition coefficient (Wildman–Crippen LogP) is 2.38. The summed E-state index contributed by atoms with van der Waals surface area (Å²) in [4.78, 5) is 11.8. The SMILES string of the molecule is CCCn1cc(NC(=O)NCC(C)(O)c2ccsc2)cn1. The number of urea groups is 1. The Bertz CT molecular complexity index is 578. The van der Waals surface area contributed by atoms with Gasteiger partial charge in [0.15, 0.2) is 0 Å². The smallest absolute Gasteiger partial charge is 0.319 e. The van der Waals surface area contributed by atoms with Gasteiger partial charge in [-0.15, -0.1) is 0 Å². The van der Waals surface area contributed by atoms with Crippen molar-refractivity contribution in [3.05, 3.63) is 34.8 Å². The molecule has 0 spiro atoms. The molecule has 0 aliphatic carbocycles. The number of anilines is 1. The molecule has 114 valence electrons. The molecular formula is C14H20N4O2S. The zero-order valence-corrected chi connectivity index (χ0v) is 13.0. The molecule has 7 heteroatoms. The van der Waals surface area contributed by atoms with Crippen LogP contribution in [0, 0.1) is 0 Å². The molecule has 1 unspecified atom stereocenters. The fraction of sp³-hybridized carbons (Fsp3) is 0.429. The maximum absolute atomic E-state index is 11.8. The number of carbonyl (C=O) groups is 1. The number of amides is 2. The third kappa shape index (κ3) is 4.30. The lowest BCUT2D eigenvalue weighted by molar-refractivity contribution is 0.0604. The van der Waals surface area contributed by atoms with Crippen LogP contribution in [-0.4, -0.2) is 27.5 Å². The molecule has 2 aromatic rings. The Morgan fingerprint density at radius 1 is 1.57 bits per heavy atom. The Morgan fingerprint density at radius 2 is 2.38 bits per heavy atom. The summed E-state index contributed by atoms with van der Waals surface area (Å²) in [6, 6.07) is 1.49. The van der Waals surface area contributed by atoms with Gasteiger partial charge in [-0.05, 0) is 35.7 Å². The Hall–Kier alpha value is -1.86. The van der Waals surface area contributed by atoms with Crippen LogP contribution >= 0.6 is 11.3 Å². The third-order valence-corrected chi connectivity index (χ3v) is 3.76. The van der Waals surface area contributed by atoms with E-state index < -0.39 is 5.60 Å². The van der Waals surface area contributed by atoms with Gasteiger partial charge in [0, 0.05) is 12.7 Å². The summed E-state index contributed by atoms with van der Waals surface area (Å²) >= 11 is 1.51. The number of carbonyl (C=O) groups excluding carboxylic acids is 1. The van der Waals surface area contributed by atoms with Gasteiger partial charge in [-0.1, -0.05) is 6.92 Å². The molecule has 0 aromatic carbocycles. The molecule has 3 N–H and O–H groups in total. The Balaban J connectivity index is 1.84. The Labute approximate surface area is 127 Å². The molecule has 0 radical (unpaired) electrons. The summed E-state index contributed by atoms with van der Waals surface area (Å²) < 4.78 is 1.77. The number of hydrogen-bond acceptors (Lipinski definition) is 4. The molecule has 0 bridgehead atoms. The first-order valence-corrected chi connectivity index (χ1v) is 7.78. The molecular weight excluding hydrogens is 288 g/mol. The van der Waals surface area contributed by atoms with E-state index in [0.29, 0.717) is 5.69 Å². The molecule has 0 saturated carbocycles. The highest BCUT2D eigenvalue weighted by Gasteiger charge is 2.24. The maximum atomic E-state index is 11.8. The summed E-state index contributed by atoms with van der Waals surface area (Å²) in [5.41, 5.74) is 0.351. The van der Waals surface area contributed by atoms with E-state index in [2.05, 4.69) is 22.7 Å². The summed E-state index contributed by atoms with van der Waals surface area (Å²) in [6.07, 6.45) is 4.36. The molecule has 2 aromatic heterocycles. The fourth-order valence-corrected chi connectivity index (χ4v) is 2.66. The van der Waals surface area contributed by atoms with E-state index in [4.69, 9.17) is 0 Å². The van der Waals surface area contributed by atoms with Crippen molar-refractivity contribution in [2.45, 2.75) is 32.4 Å². The van der Waals surface area contributed by atoms with Gasteiger partial charge in [-0.2, -0.15) is 16.4 Å². The molecule has 0 aliphatic heterocycles. The molecule has 0 fully saturated rings. The van der Waals surface area contributed by atoms with Crippen LogP contribution in [0.1, 0.15) is 25.8 Å². The Morgan fingerprint density at radius 3 is 3.05 bits per heavy atom. The van der Waals surface area contributed by atoms with E-state index in [-0.39, 0.29) is 12.6 Å². The van der Waals surface area contributed by atoms with Crippen LogP contribution in [0.2, 0.25) is 0 Å². The minimum atomic E-state index is -1.08. The molecule has 6 nitrogen and oxygen atoms in total. The lowest BCUT2D eigenvalue weighted by Gasteiger charge is -2.22. The molecule has 2 heterocycles. The molecule has 0 saturated heterocycles. The average molecular weight is 308 g/mol. The fourth-order valence-electron chi connectivity index (χ4n) is 1.88. The van der Waals surface area contributed by atoms with E-state index in [0.717, 1.165) is 18.5 Å². The highest BCUT2D eigenvalue weighted by Crippen LogP contribution is 2.22. The van der Waals surface area contributed by atoms with Crippen LogP contribution < -0.4 is 10.6 Å². The monoisotopic (exact) mass is 308 g/mol. The predicted molar refractivity (Wildman–Crippen MR) is 83.4 cm³/mol. The summed E-state index contributed by atoms with van der Waals surface area (Å²) in [5.74, 6) is 0. The van der Waals surface area contributed by atoms with E-state index in [1.165, 1.54) is 11.3 Å². The van der Waals surface area contributed by atoms with Gasteiger partial charge < -0.3 is 15.7 Å². The van der Waals surface area contributed by atoms with Crippen molar-refractivity contribution in [2.75, 3.05) is 11.9 Å². The standard InChI is InChI=1S/C14H20N4O2S/c1-3-5-18-8-12(7-16-18)17-13(19)15-10-14(2,20)11-4-6-21-9-11/h4,6-9,20H,3,5,10H2,1-2H3,(H2,15,17,19). The lowest BCUT2D eigenvalue weighted by atomic mass is 9.99. The van der Waals surface area contributed by atoms with Gasteiger partial charge in [-0.3, -0.25) is 4.68 Å². The van der Waals surface area contributed by atoms with Crippen molar-refractivity contribution >= 4 is 23.1 Å². The van der Waals surface area contributed by atoms with Crippen LogP contribution in [0.5, 0.6) is 0 Å². The third-order valence-electron chi connectivity index (χ3n) is 3.08. The second kappa shape index (κ2) is 6.73. The van der Waals surface area contributed by atoms with Gasteiger partial charge in [0.05, 0.1) is 18.4 Å². The first kappa shape index (κ1) is 15.5. The lowest BCUT2D eigenvalue weighted by Crippen LogP contribution is -2.40. The number of nitrogens with zero attached hydrogens (tertiary/aromatic N) is 2. The van der Waals surface area contributed by atoms with Gasteiger partial charge >= 0.3 is 6.03 Å². The number of aliphatic hydroxyl groups is 1. The first-order valence-electron chi connectivity index (χ1n) is 6.83. The largest absolute Gasteiger partial charge is 0.384 e.